The van der Waals surface area contributed by atoms with Gasteiger partial charge in [0.05, 0.1) is 5.03 Å². The average molecular weight is 261 g/mol. The molecule has 2 nitrogen and oxygen atoms in total. The Morgan fingerprint density at radius 3 is 2.93 bits per heavy atom. The van der Waals surface area contributed by atoms with E-state index in [2.05, 4.69) is 11.1 Å². The number of nitrogens with zero attached hydrogens (tertiary/aromatic N) is 1. The maximum absolute atomic E-state index is 6.12. The van der Waals surface area contributed by atoms with Gasteiger partial charge in [0.1, 0.15) is 0 Å². The van der Waals surface area contributed by atoms with E-state index < -0.39 is 0 Å². The fourth-order valence-corrected chi connectivity index (χ4v) is 2.66. The lowest BCUT2D eigenvalue weighted by atomic mass is 10.0. The van der Waals surface area contributed by atoms with Gasteiger partial charge in [-0.2, -0.15) is 0 Å². The first-order chi connectivity index (χ1) is 7.16. The number of hydrogen-bond donors (Lipinski definition) is 1. The van der Waals surface area contributed by atoms with E-state index in [0.29, 0.717) is 10.2 Å². The number of nitrogen functional groups attached to an aromatic ring is 1. The van der Waals surface area contributed by atoms with Crippen LogP contribution in [-0.2, 0) is 6.42 Å². The van der Waals surface area contributed by atoms with Gasteiger partial charge in [0.15, 0.2) is 5.13 Å². The van der Waals surface area contributed by atoms with E-state index in [1.165, 1.54) is 11.3 Å². The van der Waals surface area contributed by atoms with E-state index in [1.54, 1.807) is 6.20 Å². The molecule has 0 aliphatic heterocycles. The lowest BCUT2D eigenvalue weighted by Crippen LogP contribution is -1.96. The Bertz CT molecular complexity index is 434. The second kappa shape index (κ2) is 4.56. The van der Waals surface area contributed by atoms with Crippen LogP contribution < -0.4 is 5.73 Å². The molecule has 0 unspecified atom stereocenters. The summed E-state index contributed by atoms with van der Waals surface area (Å²) in [6.45, 7) is 0. The maximum atomic E-state index is 6.12. The predicted octanol–water partition coefficient (Wildman–Crippen LogP) is 3.68. The van der Waals surface area contributed by atoms with E-state index in [9.17, 15) is 0 Å². The number of hydrogen-bond acceptors (Lipinski definition) is 3. The normalized spacial score (nSPS) is 16.8. The SMILES string of the molecule is Nc1ncc(CC2=CCCC(Cl)=C2Cl)s1. The number of aromatic nitrogens is 1. The summed E-state index contributed by atoms with van der Waals surface area (Å²) >= 11 is 13.6. The molecular formula is C10H10Cl2N2S. The predicted molar refractivity (Wildman–Crippen MR) is 66.3 cm³/mol. The van der Waals surface area contributed by atoms with Gasteiger partial charge in [-0.25, -0.2) is 4.98 Å². The van der Waals surface area contributed by atoms with Gasteiger partial charge in [-0.1, -0.05) is 29.3 Å². The number of thiazole rings is 1. The van der Waals surface area contributed by atoms with Crippen LogP contribution in [0.1, 0.15) is 17.7 Å². The molecule has 5 heteroatoms. The van der Waals surface area contributed by atoms with Crippen LogP contribution >= 0.6 is 34.5 Å². The number of rotatable bonds is 2. The molecule has 2 N–H and O–H groups in total. The topological polar surface area (TPSA) is 38.9 Å². The monoisotopic (exact) mass is 260 g/mol. The first kappa shape index (κ1) is 11.0. The first-order valence-corrected chi connectivity index (χ1v) is 6.18. The highest BCUT2D eigenvalue weighted by Gasteiger charge is 2.14. The molecule has 0 spiro atoms. The van der Waals surface area contributed by atoms with Crippen LogP contribution in [0.25, 0.3) is 0 Å². The minimum atomic E-state index is 0.590. The molecule has 0 saturated carbocycles. The van der Waals surface area contributed by atoms with Crippen LogP contribution in [0.15, 0.2) is 27.9 Å². The Morgan fingerprint density at radius 2 is 2.27 bits per heavy atom. The smallest absolute Gasteiger partial charge is 0.180 e. The lowest BCUT2D eigenvalue weighted by Gasteiger charge is -2.12. The minimum Gasteiger partial charge on any atom is -0.375 e. The third kappa shape index (κ3) is 2.54. The molecule has 0 bridgehead atoms. The number of nitrogens with two attached hydrogens (primary N) is 1. The Kier molecular flexibility index (Phi) is 3.34. The summed E-state index contributed by atoms with van der Waals surface area (Å²) in [6, 6.07) is 0. The molecule has 15 heavy (non-hydrogen) atoms. The molecular weight excluding hydrogens is 251 g/mol. The van der Waals surface area contributed by atoms with E-state index in [0.717, 1.165) is 34.7 Å². The molecule has 1 heterocycles. The molecule has 0 saturated heterocycles. The fraction of sp³-hybridized carbons (Fsp3) is 0.300. The van der Waals surface area contributed by atoms with E-state index in [4.69, 9.17) is 28.9 Å². The van der Waals surface area contributed by atoms with Crippen molar-refractivity contribution in [3.8, 4) is 0 Å². The zero-order chi connectivity index (χ0) is 10.8. The van der Waals surface area contributed by atoms with Crippen molar-refractivity contribution in [2.45, 2.75) is 19.3 Å². The van der Waals surface area contributed by atoms with Gasteiger partial charge in [0, 0.05) is 22.5 Å². The fourth-order valence-electron chi connectivity index (χ4n) is 1.49. The average Bonchev–Trinajstić information content (AvgIpc) is 2.59. The molecule has 1 aliphatic rings. The summed E-state index contributed by atoms with van der Waals surface area (Å²) in [5.74, 6) is 0. The van der Waals surface area contributed by atoms with Crippen molar-refractivity contribution in [2.24, 2.45) is 0 Å². The van der Waals surface area contributed by atoms with Crippen LogP contribution in [0.4, 0.5) is 5.13 Å². The summed E-state index contributed by atoms with van der Waals surface area (Å²) in [7, 11) is 0. The molecule has 0 fully saturated rings. The van der Waals surface area contributed by atoms with Gasteiger partial charge in [-0.15, -0.1) is 11.3 Å². The number of halogens is 2. The van der Waals surface area contributed by atoms with Gasteiger partial charge in [0.2, 0.25) is 0 Å². The van der Waals surface area contributed by atoms with Crippen LogP contribution in [0, 0.1) is 0 Å². The highest BCUT2D eigenvalue weighted by molar-refractivity contribution is 7.15. The molecule has 80 valence electrons. The zero-order valence-electron chi connectivity index (χ0n) is 7.96. The van der Waals surface area contributed by atoms with Gasteiger partial charge >= 0.3 is 0 Å². The molecule has 0 atom stereocenters. The van der Waals surface area contributed by atoms with Gasteiger partial charge in [-0.3, -0.25) is 0 Å². The summed E-state index contributed by atoms with van der Waals surface area (Å²) in [4.78, 5) is 5.12. The number of anilines is 1. The van der Waals surface area contributed by atoms with Crippen molar-refractivity contribution in [1.82, 2.24) is 4.98 Å². The third-order valence-electron chi connectivity index (χ3n) is 2.21. The summed E-state index contributed by atoms with van der Waals surface area (Å²) < 4.78 is 0. The van der Waals surface area contributed by atoms with Gasteiger partial charge in [-0.05, 0) is 18.4 Å². The van der Waals surface area contributed by atoms with Crippen LogP contribution in [-0.4, -0.2) is 4.98 Å². The van der Waals surface area contributed by atoms with Crippen molar-refractivity contribution in [2.75, 3.05) is 5.73 Å². The van der Waals surface area contributed by atoms with E-state index >= 15 is 0 Å². The molecule has 1 aromatic rings. The van der Waals surface area contributed by atoms with Crippen molar-refractivity contribution < 1.29 is 0 Å². The molecule has 0 radical (unpaired) electrons. The minimum absolute atomic E-state index is 0.590. The molecule has 1 aliphatic carbocycles. The van der Waals surface area contributed by atoms with E-state index in [1.807, 2.05) is 0 Å². The highest BCUT2D eigenvalue weighted by atomic mass is 35.5. The molecule has 0 amide bonds. The highest BCUT2D eigenvalue weighted by Crippen LogP contribution is 2.33. The van der Waals surface area contributed by atoms with Crippen LogP contribution in [0.5, 0.6) is 0 Å². The molecule has 0 aromatic carbocycles. The van der Waals surface area contributed by atoms with Crippen molar-refractivity contribution in [1.29, 1.82) is 0 Å². The Labute approximate surface area is 102 Å². The second-order valence-electron chi connectivity index (χ2n) is 3.33. The molecule has 1 aromatic heterocycles. The Hall–Kier alpha value is -0.510. The second-order valence-corrected chi connectivity index (χ2v) is 5.31. The maximum Gasteiger partial charge on any atom is 0.180 e. The summed E-state index contributed by atoms with van der Waals surface area (Å²) in [6.07, 6.45) is 6.48. The third-order valence-corrected chi connectivity index (χ3v) is 3.98. The van der Waals surface area contributed by atoms with Crippen molar-refractivity contribution >= 4 is 39.7 Å². The Balaban J connectivity index is 2.16. The standard InChI is InChI=1S/C10H10Cl2N2S/c11-8-3-1-2-6(9(8)12)4-7-5-14-10(13)15-7/h2,5H,1,3-4H2,(H2,13,14). The van der Waals surface area contributed by atoms with Crippen molar-refractivity contribution in [3.63, 3.8) is 0 Å². The quantitative estimate of drug-likeness (QED) is 0.882. The van der Waals surface area contributed by atoms with Crippen molar-refractivity contribution in [3.05, 3.63) is 32.8 Å². The van der Waals surface area contributed by atoms with Crippen LogP contribution in [0.3, 0.4) is 0 Å². The largest absolute Gasteiger partial charge is 0.375 e. The lowest BCUT2D eigenvalue weighted by molar-refractivity contribution is 0.973. The van der Waals surface area contributed by atoms with E-state index in [-0.39, 0.29) is 0 Å². The number of allylic oxidation sites excluding steroid dienone is 4. The van der Waals surface area contributed by atoms with Gasteiger partial charge in [0.25, 0.3) is 0 Å². The zero-order valence-corrected chi connectivity index (χ0v) is 10.3. The van der Waals surface area contributed by atoms with Crippen LogP contribution in [0.2, 0.25) is 0 Å². The molecule has 2 rings (SSSR count). The first-order valence-electron chi connectivity index (χ1n) is 4.60. The Morgan fingerprint density at radius 1 is 1.47 bits per heavy atom. The summed E-state index contributed by atoms with van der Waals surface area (Å²) in [5.41, 5.74) is 6.64. The van der Waals surface area contributed by atoms with Gasteiger partial charge < -0.3 is 5.73 Å². The summed E-state index contributed by atoms with van der Waals surface area (Å²) in [5, 5.41) is 2.04.